The second-order valence-electron chi connectivity index (χ2n) is 19.4. The van der Waals surface area contributed by atoms with Crippen LogP contribution in [0.2, 0.25) is 0 Å². The summed E-state index contributed by atoms with van der Waals surface area (Å²) in [6, 6.07) is 19.0. The molecule has 66 heavy (non-hydrogen) atoms. The third-order valence-corrected chi connectivity index (χ3v) is 17.4. The van der Waals surface area contributed by atoms with Gasteiger partial charge in [0.25, 0.3) is 15.9 Å². The van der Waals surface area contributed by atoms with E-state index >= 15 is 0 Å². The summed E-state index contributed by atoms with van der Waals surface area (Å²) in [6.07, 6.45) is 13.6. The zero-order valence-electron chi connectivity index (χ0n) is 37.0. The van der Waals surface area contributed by atoms with Gasteiger partial charge in [-0.05, 0) is 124 Å². The largest absolute Gasteiger partial charge is 0.616 e. The first-order valence-corrected chi connectivity index (χ1v) is 26.1. The summed E-state index contributed by atoms with van der Waals surface area (Å²) in [6.45, 7) is 4.61. The predicted molar refractivity (Wildman–Crippen MR) is 252 cm³/mol. The van der Waals surface area contributed by atoms with E-state index in [1.54, 1.807) is 37.4 Å². The average molecular weight is 937 g/mol. The van der Waals surface area contributed by atoms with Crippen molar-refractivity contribution in [3.63, 3.8) is 0 Å². The van der Waals surface area contributed by atoms with Crippen molar-refractivity contribution in [2.45, 2.75) is 99.6 Å². The Labute approximate surface area is 387 Å². The standard InChI is InChI=1S/C48H56N8O8S2/c1-47(58)13-10-31(11-14-47)27-50-45-41(56(59)60)24-37(29-52-45)66(62,63)53-46(57)40-9-8-34(23-43(40)64-36-22-33-12-17-49-44(33)51-28-36)54-18-15-48(16-19-54)25-35(26-48)55-20-21-65(61)30-42(55)39-5-3-2-4-38(39)32-6-7-32/h2-5,8-9,12,17,22-24,28-29,31-32,35,42,58H,6-7,10-11,13-16,18-21,25-27,30H2,1H3,(H,49,51)(H,50,52)(H,53,57)/t31-,42-,47-,65?/m0/s1. The minimum atomic E-state index is -4.64. The summed E-state index contributed by atoms with van der Waals surface area (Å²) in [5, 5.41) is 26.2. The van der Waals surface area contributed by atoms with Crippen molar-refractivity contribution in [2.24, 2.45) is 11.3 Å². The number of aromatic nitrogens is 3. The molecule has 5 heterocycles. The van der Waals surface area contributed by atoms with E-state index in [0.717, 1.165) is 87.2 Å². The molecule has 5 fully saturated rings. The molecule has 10 rings (SSSR count). The number of hydrogen-bond acceptors (Lipinski definition) is 13. The van der Waals surface area contributed by atoms with Crippen LogP contribution in [0.4, 0.5) is 17.2 Å². The molecule has 0 bridgehead atoms. The van der Waals surface area contributed by atoms with Crippen molar-refractivity contribution < 1.29 is 32.5 Å². The molecule has 2 saturated heterocycles. The summed E-state index contributed by atoms with van der Waals surface area (Å²) >= 11 is -0.822. The number of ether oxygens (including phenoxy) is 1. The SMILES string of the molecule is C[C@]1(O)CC[C@H](CNc2ncc(S(=O)(=O)NC(=O)c3ccc(N4CCC5(CC4)CC(N4CC[S+]([O-])C[C@H]4c4ccccc4C4CC4)C5)cc3Oc3cnc4[nH]ccc4c3)cc2[N+](=O)[O-])CC1. The number of piperidine rings is 1. The van der Waals surface area contributed by atoms with Gasteiger partial charge in [0.1, 0.15) is 33.5 Å². The van der Waals surface area contributed by atoms with Crippen molar-refractivity contribution in [1.29, 1.82) is 0 Å². The third kappa shape index (κ3) is 9.34. The molecule has 4 N–H and O–H groups in total. The molecule has 348 valence electrons. The molecule has 2 aromatic carbocycles. The van der Waals surface area contributed by atoms with Crippen LogP contribution < -0.4 is 19.7 Å². The highest BCUT2D eigenvalue weighted by Gasteiger charge is 2.51. The zero-order valence-corrected chi connectivity index (χ0v) is 38.6. The number of sulfonamides is 1. The molecule has 0 radical (unpaired) electrons. The van der Waals surface area contributed by atoms with Crippen LogP contribution in [-0.2, 0) is 21.2 Å². The molecule has 1 unspecified atom stereocenters. The van der Waals surface area contributed by atoms with Crippen LogP contribution in [0.3, 0.4) is 0 Å². The van der Waals surface area contributed by atoms with Crippen molar-refractivity contribution in [1.82, 2.24) is 24.6 Å². The van der Waals surface area contributed by atoms with E-state index in [4.69, 9.17) is 4.74 Å². The lowest BCUT2D eigenvalue weighted by Gasteiger charge is -2.57. The highest BCUT2D eigenvalue weighted by atomic mass is 32.2. The van der Waals surface area contributed by atoms with Gasteiger partial charge in [0.15, 0.2) is 0 Å². The summed E-state index contributed by atoms with van der Waals surface area (Å²) in [7, 11) is -4.64. The fourth-order valence-corrected chi connectivity index (χ4v) is 13.0. The van der Waals surface area contributed by atoms with Crippen LogP contribution in [-0.4, -0.2) is 98.1 Å². The van der Waals surface area contributed by atoms with E-state index in [1.165, 1.54) is 30.2 Å². The molecule has 18 heteroatoms. The number of rotatable bonds is 13. The number of fused-ring (bicyclic) bond motifs is 1. The number of amides is 1. The number of H-pyrrole nitrogens is 1. The number of carbonyl (C=O) groups excluding carboxylic acids is 1. The number of nitro groups is 1. The van der Waals surface area contributed by atoms with Gasteiger partial charge >= 0.3 is 5.69 Å². The maximum Gasteiger partial charge on any atom is 0.312 e. The maximum absolute atomic E-state index is 14.0. The Morgan fingerprint density at radius 3 is 2.48 bits per heavy atom. The number of aliphatic hydroxyl groups is 1. The Balaban J connectivity index is 0.836. The topological polar surface area (TPSA) is 219 Å². The van der Waals surface area contributed by atoms with Gasteiger partial charge in [-0.15, -0.1) is 0 Å². The van der Waals surface area contributed by atoms with E-state index in [2.05, 4.69) is 59.1 Å². The normalized spacial score (nSPS) is 24.8. The smallest absolute Gasteiger partial charge is 0.312 e. The highest BCUT2D eigenvalue weighted by molar-refractivity contribution is 7.91. The maximum atomic E-state index is 14.0. The summed E-state index contributed by atoms with van der Waals surface area (Å²) < 4.78 is 48.8. The molecular weight excluding hydrogens is 881 g/mol. The third-order valence-electron chi connectivity index (χ3n) is 14.8. The molecule has 2 aliphatic heterocycles. The van der Waals surface area contributed by atoms with E-state index in [-0.39, 0.29) is 34.5 Å². The zero-order chi connectivity index (χ0) is 45.8. The van der Waals surface area contributed by atoms with Gasteiger partial charge in [0, 0.05) is 61.6 Å². The number of nitrogens with zero attached hydrogens (tertiary/aromatic N) is 5. The lowest BCUT2D eigenvalue weighted by molar-refractivity contribution is -0.384. The van der Waals surface area contributed by atoms with Crippen LogP contribution in [0, 0.1) is 21.4 Å². The van der Waals surface area contributed by atoms with Gasteiger partial charge in [0.2, 0.25) is 5.82 Å². The predicted octanol–water partition coefficient (Wildman–Crippen LogP) is 7.56. The monoisotopic (exact) mass is 936 g/mol. The van der Waals surface area contributed by atoms with Crippen molar-refractivity contribution in [2.75, 3.05) is 47.9 Å². The molecule has 1 amide bonds. The molecule has 5 aromatic rings. The Kier molecular flexibility index (Phi) is 12.0. The van der Waals surface area contributed by atoms with E-state index < -0.39 is 48.2 Å². The molecule has 3 aromatic heterocycles. The van der Waals surface area contributed by atoms with Gasteiger partial charge in [-0.25, -0.2) is 23.1 Å². The first kappa shape index (κ1) is 44.6. The Morgan fingerprint density at radius 1 is 0.985 bits per heavy atom. The molecule has 3 saturated carbocycles. The van der Waals surface area contributed by atoms with Gasteiger partial charge in [-0.1, -0.05) is 35.4 Å². The van der Waals surface area contributed by atoms with E-state index in [1.807, 2.05) is 6.07 Å². The Hall–Kier alpha value is -5.27. The second kappa shape index (κ2) is 17.8. The van der Waals surface area contributed by atoms with Gasteiger partial charge < -0.3 is 29.6 Å². The number of hydrogen-bond donors (Lipinski definition) is 4. The van der Waals surface area contributed by atoms with Crippen LogP contribution in [0.25, 0.3) is 11.0 Å². The van der Waals surface area contributed by atoms with E-state index in [0.29, 0.717) is 48.5 Å². The Bertz CT molecular complexity index is 2740. The lowest BCUT2D eigenvalue weighted by atomic mass is 9.59. The van der Waals surface area contributed by atoms with Crippen molar-refractivity contribution in [3.8, 4) is 11.5 Å². The lowest BCUT2D eigenvalue weighted by Crippen LogP contribution is -2.58. The second-order valence-corrected chi connectivity index (χ2v) is 22.7. The van der Waals surface area contributed by atoms with Crippen molar-refractivity contribution >= 4 is 55.3 Å². The fraction of sp³-hybridized carbons (Fsp3) is 0.479. The minimum Gasteiger partial charge on any atom is -0.616 e. The molecular formula is C48H56N8O8S2. The molecule has 1 spiro atoms. The quantitative estimate of drug-likeness (QED) is 0.0510. The summed E-state index contributed by atoms with van der Waals surface area (Å²) in [4.78, 5) is 41.4. The first-order valence-electron chi connectivity index (χ1n) is 23.1. The van der Waals surface area contributed by atoms with Crippen LogP contribution in [0.1, 0.15) is 105 Å². The minimum absolute atomic E-state index is 0.0562. The molecule has 5 aliphatic rings. The molecule has 3 aliphatic carbocycles. The molecule has 2 atom stereocenters. The number of nitrogens with one attached hydrogen (secondary N) is 3. The van der Waals surface area contributed by atoms with Crippen LogP contribution in [0.15, 0.2) is 84.1 Å². The first-order chi connectivity index (χ1) is 31.7. The van der Waals surface area contributed by atoms with Crippen molar-refractivity contribution in [3.05, 3.63) is 106 Å². The van der Waals surface area contributed by atoms with Crippen LogP contribution in [0.5, 0.6) is 11.5 Å². The number of anilines is 2. The van der Waals surface area contributed by atoms with Gasteiger partial charge in [-0.2, -0.15) is 0 Å². The van der Waals surface area contributed by atoms with Gasteiger partial charge in [0.05, 0.1) is 34.5 Å². The summed E-state index contributed by atoms with van der Waals surface area (Å²) in [5.41, 5.74) is 3.18. The number of benzene rings is 2. The fourth-order valence-electron chi connectivity index (χ4n) is 10.7. The number of pyridine rings is 2. The molecule has 16 nitrogen and oxygen atoms in total. The number of carbonyl (C=O) groups is 1. The summed E-state index contributed by atoms with van der Waals surface area (Å²) in [5.74, 6) is 1.60. The number of aromatic amines is 1. The highest BCUT2D eigenvalue weighted by Crippen LogP contribution is 2.54. The Morgan fingerprint density at radius 2 is 1.74 bits per heavy atom. The van der Waals surface area contributed by atoms with Gasteiger partial charge in [-0.3, -0.25) is 19.8 Å². The van der Waals surface area contributed by atoms with E-state index in [9.17, 15) is 33.0 Å². The average Bonchev–Trinajstić information content (AvgIpc) is 4.04. The van der Waals surface area contributed by atoms with Crippen LogP contribution >= 0.6 is 0 Å².